The van der Waals surface area contributed by atoms with Gasteiger partial charge in [0.25, 0.3) is 0 Å². The van der Waals surface area contributed by atoms with Gasteiger partial charge in [0.05, 0.1) is 13.1 Å². The predicted octanol–water partition coefficient (Wildman–Crippen LogP) is 3.78. The Bertz CT molecular complexity index is 971. The van der Waals surface area contributed by atoms with Crippen molar-refractivity contribution in [1.29, 1.82) is 0 Å². The van der Waals surface area contributed by atoms with Crippen molar-refractivity contribution in [3.8, 4) is 0 Å². The number of carbonyl (C=O) groups excluding carboxylic acids is 4. The maximum Gasteiger partial charge on any atom is 0.407 e. The molecule has 2 rings (SSSR count). The molecule has 0 radical (unpaired) electrons. The summed E-state index contributed by atoms with van der Waals surface area (Å²) in [6, 6.07) is 18.7. The Balaban J connectivity index is 1.27. The topological polar surface area (TPSA) is 147 Å². The van der Waals surface area contributed by atoms with Crippen LogP contribution < -0.4 is 26.6 Å². The van der Waals surface area contributed by atoms with E-state index in [-0.39, 0.29) is 38.1 Å². The van der Waals surface area contributed by atoms with E-state index in [0.29, 0.717) is 13.1 Å². The maximum atomic E-state index is 11.8. The quantitative estimate of drug-likeness (QED) is 0.130. The first-order chi connectivity index (χ1) is 21.0. The molecule has 0 bridgehead atoms. The van der Waals surface area contributed by atoms with Crippen molar-refractivity contribution >= 4 is 24.0 Å². The second-order valence-corrected chi connectivity index (χ2v) is 10.1. The monoisotopic (exact) mass is 597 g/mol. The van der Waals surface area contributed by atoms with Gasteiger partial charge in [0, 0.05) is 13.1 Å². The van der Waals surface area contributed by atoms with Gasteiger partial charge in [-0.15, -0.1) is 0 Å². The average molecular weight is 598 g/mol. The van der Waals surface area contributed by atoms with Crippen molar-refractivity contribution in [2.24, 2.45) is 0 Å². The fourth-order valence-corrected chi connectivity index (χ4v) is 4.02. The van der Waals surface area contributed by atoms with E-state index in [1.54, 1.807) is 0 Å². The molecule has 0 fully saturated rings. The van der Waals surface area contributed by atoms with Crippen molar-refractivity contribution < 1.29 is 28.7 Å². The van der Waals surface area contributed by atoms with E-state index in [1.807, 2.05) is 60.7 Å². The van der Waals surface area contributed by atoms with Crippen LogP contribution in [0.1, 0.15) is 62.5 Å². The molecule has 0 aliphatic heterocycles. The van der Waals surface area contributed by atoms with E-state index in [4.69, 9.17) is 9.47 Å². The fourth-order valence-electron chi connectivity index (χ4n) is 4.02. The zero-order valence-electron chi connectivity index (χ0n) is 25.0. The second-order valence-electron chi connectivity index (χ2n) is 10.1. The van der Waals surface area contributed by atoms with Gasteiger partial charge in [-0.05, 0) is 49.9 Å². The lowest BCUT2D eigenvalue weighted by atomic mass is 10.1. The van der Waals surface area contributed by atoms with Gasteiger partial charge in [0.2, 0.25) is 11.8 Å². The largest absolute Gasteiger partial charge is 0.445 e. The number of ether oxygens (including phenoxy) is 2. The number of rotatable bonds is 22. The number of benzene rings is 2. The number of unbranched alkanes of at least 4 members (excludes halogenated alkanes) is 6. The molecule has 0 aromatic heterocycles. The Labute approximate surface area is 254 Å². The molecule has 0 aliphatic carbocycles. The van der Waals surface area contributed by atoms with Gasteiger partial charge in [-0.3, -0.25) is 9.59 Å². The summed E-state index contributed by atoms with van der Waals surface area (Å²) in [5, 5.41) is 14.0. The minimum absolute atomic E-state index is 0.0996. The van der Waals surface area contributed by atoms with Crippen LogP contribution in [0.3, 0.4) is 0 Å². The highest BCUT2D eigenvalue weighted by molar-refractivity contribution is 5.82. The van der Waals surface area contributed by atoms with Crippen LogP contribution in [-0.2, 0) is 32.3 Å². The third kappa shape index (κ3) is 19.6. The number of carbonyl (C=O) groups is 4. The summed E-state index contributed by atoms with van der Waals surface area (Å²) in [5.41, 5.74) is 1.78. The molecule has 11 nitrogen and oxygen atoms in total. The SMILES string of the molecule is O=C(CNC(=O)OCc1ccccc1)NCCCCCCNCCCCCCNC(=O)CNC(=O)OCc1ccccc1. The number of amides is 4. The summed E-state index contributed by atoms with van der Waals surface area (Å²) < 4.78 is 10.2. The van der Waals surface area contributed by atoms with E-state index in [1.165, 1.54) is 0 Å². The van der Waals surface area contributed by atoms with Crippen molar-refractivity contribution in [3.63, 3.8) is 0 Å². The van der Waals surface area contributed by atoms with Crippen molar-refractivity contribution in [3.05, 3.63) is 71.8 Å². The summed E-state index contributed by atoms with van der Waals surface area (Å²) in [6.07, 6.45) is 6.99. The zero-order chi connectivity index (χ0) is 30.8. The minimum Gasteiger partial charge on any atom is -0.445 e. The Morgan fingerprint density at radius 2 is 0.837 bits per heavy atom. The molecule has 2 aromatic rings. The Morgan fingerprint density at radius 3 is 1.23 bits per heavy atom. The molecular formula is C32H47N5O6. The van der Waals surface area contributed by atoms with E-state index in [9.17, 15) is 19.2 Å². The standard InChI is InChI=1S/C32H47N5O6/c38-29(23-36-31(40)42-25-27-15-7-5-8-16-27)34-21-13-3-1-11-19-33-20-12-2-4-14-22-35-30(39)24-37-32(41)43-26-28-17-9-6-10-18-28/h5-10,15-18,33H,1-4,11-14,19-26H2,(H,34,38)(H,35,39)(H,36,40)(H,37,41). The van der Waals surface area contributed by atoms with Crippen LogP contribution in [0.2, 0.25) is 0 Å². The third-order valence-corrected chi connectivity index (χ3v) is 6.42. The Hall–Kier alpha value is -4.12. The van der Waals surface area contributed by atoms with Gasteiger partial charge in [-0.1, -0.05) is 86.3 Å². The average Bonchev–Trinajstić information content (AvgIpc) is 3.03. The highest BCUT2D eigenvalue weighted by Gasteiger charge is 2.07. The lowest BCUT2D eigenvalue weighted by molar-refractivity contribution is -0.121. The molecule has 236 valence electrons. The van der Waals surface area contributed by atoms with Crippen LogP contribution >= 0.6 is 0 Å². The van der Waals surface area contributed by atoms with Gasteiger partial charge in [0.1, 0.15) is 13.2 Å². The van der Waals surface area contributed by atoms with Crippen LogP contribution in [0.15, 0.2) is 60.7 Å². The predicted molar refractivity (Wildman–Crippen MR) is 165 cm³/mol. The third-order valence-electron chi connectivity index (χ3n) is 6.42. The smallest absolute Gasteiger partial charge is 0.407 e. The van der Waals surface area contributed by atoms with E-state index < -0.39 is 12.2 Å². The molecule has 0 saturated carbocycles. The minimum atomic E-state index is -0.611. The lowest BCUT2D eigenvalue weighted by Crippen LogP contribution is -2.37. The molecule has 5 N–H and O–H groups in total. The summed E-state index contributed by atoms with van der Waals surface area (Å²) in [4.78, 5) is 47.1. The molecule has 0 aliphatic rings. The molecule has 11 heteroatoms. The molecular weight excluding hydrogens is 550 g/mol. The summed E-state index contributed by atoms with van der Waals surface area (Å²) in [6.45, 7) is 3.26. The van der Waals surface area contributed by atoms with Crippen LogP contribution in [0.5, 0.6) is 0 Å². The summed E-state index contributed by atoms with van der Waals surface area (Å²) >= 11 is 0. The van der Waals surface area contributed by atoms with Crippen LogP contribution in [-0.4, -0.2) is 63.3 Å². The van der Waals surface area contributed by atoms with Crippen LogP contribution in [0, 0.1) is 0 Å². The molecule has 2 aromatic carbocycles. The van der Waals surface area contributed by atoms with E-state index in [0.717, 1.165) is 75.6 Å². The highest BCUT2D eigenvalue weighted by atomic mass is 16.6. The number of hydrogen-bond donors (Lipinski definition) is 5. The van der Waals surface area contributed by atoms with Gasteiger partial charge >= 0.3 is 12.2 Å². The normalized spacial score (nSPS) is 10.4. The number of hydrogen-bond acceptors (Lipinski definition) is 7. The maximum absolute atomic E-state index is 11.8. The van der Waals surface area contributed by atoms with Crippen molar-refractivity contribution in [2.75, 3.05) is 39.3 Å². The number of alkyl carbamates (subject to hydrolysis) is 2. The van der Waals surface area contributed by atoms with Crippen molar-refractivity contribution in [1.82, 2.24) is 26.6 Å². The second kappa shape index (κ2) is 23.4. The molecule has 0 heterocycles. The van der Waals surface area contributed by atoms with Gasteiger partial charge < -0.3 is 36.1 Å². The van der Waals surface area contributed by atoms with Gasteiger partial charge in [-0.25, -0.2) is 9.59 Å². The molecule has 0 atom stereocenters. The molecule has 0 spiro atoms. The molecule has 43 heavy (non-hydrogen) atoms. The number of nitrogens with one attached hydrogen (secondary N) is 5. The van der Waals surface area contributed by atoms with Gasteiger partial charge in [-0.2, -0.15) is 0 Å². The summed E-state index contributed by atoms with van der Waals surface area (Å²) in [5.74, 6) is -0.455. The zero-order valence-corrected chi connectivity index (χ0v) is 25.0. The van der Waals surface area contributed by atoms with E-state index in [2.05, 4.69) is 26.6 Å². The molecule has 4 amide bonds. The fraction of sp³-hybridized carbons (Fsp3) is 0.500. The first kappa shape index (κ1) is 35.1. The first-order valence-corrected chi connectivity index (χ1v) is 15.2. The van der Waals surface area contributed by atoms with Crippen molar-refractivity contribution in [2.45, 2.75) is 64.6 Å². The van der Waals surface area contributed by atoms with Crippen LogP contribution in [0.25, 0.3) is 0 Å². The molecule has 0 saturated heterocycles. The highest BCUT2D eigenvalue weighted by Crippen LogP contribution is 2.02. The first-order valence-electron chi connectivity index (χ1n) is 15.2. The molecule has 0 unspecified atom stereocenters. The van der Waals surface area contributed by atoms with E-state index >= 15 is 0 Å². The summed E-state index contributed by atoms with van der Waals surface area (Å²) in [7, 11) is 0. The Kier molecular flexibility index (Phi) is 19.1. The lowest BCUT2D eigenvalue weighted by Gasteiger charge is -2.09. The van der Waals surface area contributed by atoms with Gasteiger partial charge in [0.15, 0.2) is 0 Å². The Morgan fingerprint density at radius 1 is 0.465 bits per heavy atom. The van der Waals surface area contributed by atoms with Crippen LogP contribution in [0.4, 0.5) is 9.59 Å².